The summed E-state index contributed by atoms with van der Waals surface area (Å²) in [6.07, 6.45) is 4.46. The smallest absolute Gasteiger partial charge is 0.356 e. The third-order valence-electron chi connectivity index (χ3n) is 2.61. The summed E-state index contributed by atoms with van der Waals surface area (Å²) in [4.78, 5) is 24.8. The van der Waals surface area contributed by atoms with Crippen molar-refractivity contribution in [3.63, 3.8) is 0 Å². The van der Waals surface area contributed by atoms with Crippen LogP contribution in [0, 0.1) is 0 Å². The molecule has 2 aromatic heterocycles. The third-order valence-corrected chi connectivity index (χ3v) is 3.55. The van der Waals surface area contributed by atoms with Crippen LogP contribution in [0.25, 0.3) is 0 Å². The van der Waals surface area contributed by atoms with Crippen LogP contribution in [0.5, 0.6) is 0 Å². The van der Waals surface area contributed by atoms with Crippen molar-refractivity contribution >= 4 is 23.1 Å². The molecule has 18 heavy (non-hydrogen) atoms. The Balaban J connectivity index is 2.18. The molecule has 0 bridgehead atoms. The molecular weight excluding hydrogens is 252 g/mol. The SMILES string of the molecule is CC(c1nccs1)N(C)c1cnc(C(=O)O)cn1. The standard InChI is InChI=1S/C11H12N4O2S/c1-7(10-12-3-4-18-10)15(2)9-6-13-8(5-14-9)11(16)17/h3-7H,1-2H3,(H,16,17). The Kier molecular flexibility index (Phi) is 3.52. The van der Waals surface area contributed by atoms with E-state index in [1.165, 1.54) is 12.4 Å². The predicted octanol–water partition coefficient (Wildman–Crippen LogP) is 1.83. The van der Waals surface area contributed by atoms with Gasteiger partial charge in [0.15, 0.2) is 5.69 Å². The van der Waals surface area contributed by atoms with Crippen LogP contribution in [0.15, 0.2) is 24.0 Å². The summed E-state index contributed by atoms with van der Waals surface area (Å²) in [5.74, 6) is -0.465. The lowest BCUT2D eigenvalue weighted by atomic mass is 10.3. The first-order valence-electron chi connectivity index (χ1n) is 5.27. The molecule has 94 valence electrons. The van der Waals surface area contributed by atoms with Gasteiger partial charge in [0.2, 0.25) is 0 Å². The van der Waals surface area contributed by atoms with E-state index >= 15 is 0 Å². The molecular formula is C11H12N4O2S. The number of thiazole rings is 1. The van der Waals surface area contributed by atoms with E-state index in [1.807, 2.05) is 24.3 Å². The van der Waals surface area contributed by atoms with Gasteiger partial charge in [-0.3, -0.25) is 0 Å². The van der Waals surface area contributed by atoms with Crippen LogP contribution in [-0.2, 0) is 0 Å². The molecule has 1 atom stereocenters. The summed E-state index contributed by atoms with van der Waals surface area (Å²) in [7, 11) is 1.87. The van der Waals surface area contributed by atoms with Crippen molar-refractivity contribution in [1.82, 2.24) is 15.0 Å². The molecule has 1 unspecified atom stereocenters. The quantitative estimate of drug-likeness (QED) is 0.907. The lowest BCUT2D eigenvalue weighted by molar-refractivity contribution is 0.0690. The zero-order chi connectivity index (χ0) is 13.1. The zero-order valence-electron chi connectivity index (χ0n) is 9.94. The maximum absolute atomic E-state index is 10.7. The van der Waals surface area contributed by atoms with E-state index in [2.05, 4.69) is 15.0 Å². The molecule has 0 aromatic carbocycles. The highest BCUT2D eigenvalue weighted by molar-refractivity contribution is 7.09. The van der Waals surface area contributed by atoms with Gasteiger partial charge in [-0.2, -0.15) is 0 Å². The summed E-state index contributed by atoms with van der Waals surface area (Å²) in [5.41, 5.74) is -0.0611. The van der Waals surface area contributed by atoms with Gasteiger partial charge in [-0.1, -0.05) is 0 Å². The highest BCUT2D eigenvalue weighted by Gasteiger charge is 2.16. The van der Waals surface area contributed by atoms with E-state index < -0.39 is 5.97 Å². The monoisotopic (exact) mass is 264 g/mol. The maximum Gasteiger partial charge on any atom is 0.356 e. The van der Waals surface area contributed by atoms with Crippen molar-refractivity contribution in [2.24, 2.45) is 0 Å². The van der Waals surface area contributed by atoms with Crippen LogP contribution in [-0.4, -0.2) is 33.1 Å². The van der Waals surface area contributed by atoms with Crippen molar-refractivity contribution in [2.45, 2.75) is 13.0 Å². The number of carboxylic acids is 1. The molecule has 0 amide bonds. The highest BCUT2D eigenvalue weighted by atomic mass is 32.1. The molecule has 0 fully saturated rings. The fourth-order valence-electron chi connectivity index (χ4n) is 1.42. The van der Waals surface area contributed by atoms with Crippen LogP contribution < -0.4 is 4.90 Å². The Bertz CT molecular complexity index is 526. The summed E-state index contributed by atoms with van der Waals surface area (Å²) in [5, 5.41) is 11.6. The van der Waals surface area contributed by atoms with Gasteiger partial charge in [0, 0.05) is 18.6 Å². The fourth-order valence-corrected chi connectivity index (χ4v) is 2.16. The van der Waals surface area contributed by atoms with Gasteiger partial charge in [0.1, 0.15) is 10.8 Å². The van der Waals surface area contributed by atoms with Crippen LogP contribution in [0.1, 0.15) is 28.5 Å². The molecule has 2 heterocycles. The van der Waals surface area contributed by atoms with E-state index in [-0.39, 0.29) is 11.7 Å². The number of anilines is 1. The van der Waals surface area contributed by atoms with Gasteiger partial charge in [0.05, 0.1) is 18.4 Å². The third kappa shape index (κ3) is 2.45. The lowest BCUT2D eigenvalue weighted by Gasteiger charge is -2.23. The van der Waals surface area contributed by atoms with Crippen molar-refractivity contribution in [1.29, 1.82) is 0 Å². The number of carbonyl (C=O) groups is 1. The average Bonchev–Trinajstić information content (AvgIpc) is 2.91. The normalized spacial score (nSPS) is 12.1. The topological polar surface area (TPSA) is 79.2 Å². The number of hydrogen-bond donors (Lipinski definition) is 1. The Morgan fingerprint density at radius 1 is 1.39 bits per heavy atom. The number of aromatic carboxylic acids is 1. The Labute approximate surface area is 108 Å². The van der Waals surface area contributed by atoms with E-state index in [0.717, 1.165) is 5.01 Å². The summed E-state index contributed by atoms with van der Waals surface area (Å²) < 4.78 is 0. The molecule has 1 N–H and O–H groups in total. The second kappa shape index (κ2) is 5.09. The minimum Gasteiger partial charge on any atom is -0.476 e. The molecule has 0 aliphatic rings. The molecule has 6 nitrogen and oxygen atoms in total. The minimum absolute atomic E-state index is 0.0611. The number of carboxylic acid groups (broad SMARTS) is 1. The van der Waals surface area contributed by atoms with Crippen molar-refractivity contribution in [3.8, 4) is 0 Å². The summed E-state index contributed by atoms with van der Waals surface area (Å²) >= 11 is 1.57. The summed E-state index contributed by atoms with van der Waals surface area (Å²) in [6.45, 7) is 2.01. The van der Waals surface area contributed by atoms with E-state index in [1.54, 1.807) is 17.5 Å². The first-order valence-corrected chi connectivity index (χ1v) is 6.15. The lowest BCUT2D eigenvalue weighted by Crippen LogP contribution is -2.23. The Morgan fingerprint density at radius 3 is 2.67 bits per heavy atom. The second-order valence-corrected chi connectivity index (χ2v) is 4.65. The van der Waals surface area contributed by atoms with Gasteiger partial charge < -0.3 is 10.0 Å². The second-order valence-electron chi connectivity index (χ2n) is 3.72. The zero-order valence-corrected chi connectivity index (χ0v) is 10.8. The predicted molar refractivity (Wildman–Crippen MR) is 67.9 cm³/mol. The molecule has 7 heteroatoms. The van der Waals surface area contributed by atoms with Crippen molar-refractivity contribution in [3.05, 3.63) is 34.7 Å². The number of aromatic nitrogens is 3. The largest absolute Gasteiger partial charge is 0.476 e. The van der Waals surface area contributed by atoms with Crippen LogP contribution in [0.3, 0.4) is 0 Å². The van der Waals surface area contributed by atoms with Crippen LogP contribution in [0.4, 0.5) is 5.82 Å². The van der Waals surface area contributed by atoms with Gasteiger partial charge in [-0.05, 0) is 6.92 Å². The molecule has 0 aliphatic heterocycles. The molecule has 0 spiro atoms. The maximum atomic E-state index is 10.7. The average molecular weight is 264 g/mol. The molecule has 2 aromatic rings. The van der Waals surface area contributed by atoms with Gasteiger partial charge in [-0.15, -0.1) is 11.3 Å². The molecule has 0 saturated heterocycles. The van der Waals surface area contributed by atoms with Crippen LogP contribution >= 0.6 is 11.3 Å². The number of hydrogen-bond acceptors (Lipinski definition) is 6. The van der Waals surface area contributed by atoms with Crippen molar-refractivity contribution < 1.29 is 9.90 Å². The molecule has 2 rings (SSSR count). The van der Waals surface area contributed by atoms with Gasteiger partial charge in [0.25, 0.3) is 0 Å². The number of rotatable bonds is 4. The molecule has 0 aliphatic carbocycles. The van der Waals surface area contributed by atoms with E-state index in [0.29, 0.717) is 5.82 Å². The molecule has 0 saturated carbocycles. The van der Waals surface area contributed by atoms with E-state index in [4.69, 9.17) is 5.11 Å². The Hall–Kier alpha value is -2.02. The molecule has 0 radical (unpaired) electrons. The first-order chi connectivity index (χ1) is 8.59. The fraction of sp³-hybridized carbons (Fsp3) is 0.273. The minimum atomic E-state index is -1.08. The van der Waals surface area contributed by atoms with E-state index in [9.17, 15) is 4.79 Å². The first kappa shape index (κ1) is 12.4. The van der Waals surface area contributed by atoms with Gasteiger partial charge in [-0.25, -0.2) is 19.7 Å². The van der Waals surface area contributed by atoms with Crippen LogP contribution in [0.2, 0.25) is 0 Å². The van der Waals surface area contributed by atoms with Gasteiger partial charge >= 0.3 is 5.97 Å². The summed E-state index contributed by atoms with van der Waals surface area (Å²) in [6, 6.07) is 0.0648. The highest BCUT2D eigenvalue weighted by Crippen LogP contribution is 2.24. The van der Waals surface area contributed by atoms with Crippen molar-refractivity contribution in [2.75, 3.05) is 11.9 Å². The Morgan fingerprint density at radius 2 is 2.17 bits per heavy atom. The number of nitrogens with zero attached hydrogens (tertiary/aromatic N) is 4.